The van der Waals surface area contributed by atoms with Crippen LogP contribution in [0.15, 0.2) is 48.5 Å². The van der Waals surface area contributed by atoms with Crippen LogP contribution < -0.4 is 10.1 Å². The molecule has 2 aromatic carbocycles. The first-order valence-corrected chi connectivity index (χ1v) is 9.37. The van der Waals surface area contributed by atoms with Crippen molar-refractivity contribution >= 4 is 5.91 Å². The molecule has 0 radical (unpaired) electrons. The van der Waals surface area contributed by atoms with E-state index in [2.05, 4.69) is 42.3 Å². The summed E-state index contributed by atoms with van der Waals surface area (Å²) in [5, 5.41) is 3.03. The number of hydrogen-bond donors (Lipinski definition) is 1. The fourth-order valence-electron chi connectivity index (χ4n) is 2.81. The lowest BCUT2D eigenvalue weighted by molar-refractivity contribution is 0.0950. The van der Waals surface area contributed by atoms with Crippen LogP contribution >= 0.6 is 0 Å². The number of hydrogen-bond acceptors (Lipinski definition) is 3. The topological polar surface area (TPSA) is 41.6 Å². The maximum absolute atomic E-state index is 12.4. The standard InChI is InChI=1S/C22H30N2O2/c1-5-24(6-2)16-20-10-8-7-9-19(20)15-23-22(25)18-11-13-21(14-12-18)26-17(3)4/h7-14,17H,5-6,15-16H2,1-4H3,(H,23,25). The molecule has 1 amide bonds. The van der Waals surface area contributed by atoms with Crippen LogP contribution in [0.4, 0.5) is 0 Å². The van der Waals surface area contributed by atoms with Gasteiger partial charge in [-0.2, -0.15) is 0 Å². The van der Waals surface area contributed by atoms with Gasteiger partial charge < -0.3 is 10.1 Å². The summed E-state index contributed by atoms with van der Waals surface area (Å²) in [4.78, 5) is 14.8. The molecule has 0 bridgehead atoms. The van der Waals surface area contributed by atoms with Gasteiger partial charge in [-0.25, -0.2) is 0 Å². The first-order chi connectivity index (χ1) is 12.5. The normalized spacial score (nSPS) is 11.0. The first kappa shape index (κ1) is 20.0. The van der Waals surface area contributed by atoms with Gasteiger partial charge in [-0.3, -0.25) is 9.69 Å². The van der Waals surface area contributed by atoms with Crippen molar-refractivity contribution in [3.05, 3.63) is 65.2 Å². The van der Waals surface area contributed by atoms with Crippen LogP contribution in [-0.2, 0) is 13.1 Å². The van der Waals surface area contributed by atoms with Crippen LogP contribution in [-0.4, -0.2) is 30.0 Å². The SMILES string of the molecule is CCN(CC)Cc1ccccc1CNC(=O)c1ccc(OC(C)C)cc1. The van der Waals surface area contributed by atoms with E-state index >= 15 is 0 Å². The molecule has 0 aromatic heterocycles. The summed E-state index contributed by atoms with van der Waals surface area (Å²) in [6.07, 6.45) is 0.122. The average Bonchev–Trinajstić information content (AvgIpc) is 2.65. The molecule has 4 nitrogen and oxygen atoms in total. The number of amides is 1. The van der Waals surface area contributed by atoms with Gasteiger partial charge in [-0.15, -0.1) is 0 Å². The summed E-state index contributed by atoms with van der Waals surface area (Å²) in [6.45, 7) is 11.8. The Balaban J connectivity index is 1.99. The van der Waals surface area contributed by atoms with E-state index in [9.17, 15) is 4.79 Å². The van der Waals surface area contributed by atoms with Crippen LogP contribution in [0.1, 0.15) is 49.2 Å². The molecular weight excluding hydrogens is 324 g/mol. The number of carbonyl (C=O) groups excluding carboxylic acids is 1. The zero-order valence-corrected chi connectivity index (χ0v) is 16.3. The zero-order valence-electron chi connectivity index (χ0n) is 16.3. The van der Waals surface area contributed by atoms with E-state index in [-0.39, 0.29) is 12.0 Å². The molecule has 0 aliphatic carbocycles. The smallest absolute Gasteiger partial charge is 0.251 e. The molecule has 0 atom stereocenters. The molecule has 0 heterocycles. The van der Waals surface area contributed by atoms with Crippen LogP contribution in [0.25, 0.3) is 0 Å². The molecule has 26 heavy (non-hydrogen) atoms. The fourth-order valence-corrected chi connectivity index (χ4v) is 2.81. The number of benzene rings is 2. The van der Waals surface area contributed by atoms with Crippen LogP contribution in [0.2, 0.25) is 0 Å². The summed E-state index contributed by atoms with van der Waals surface area (Å²) in [5.74, 6) is 0.708. The van der Waals surface area contributed by atoms with E-state index < -0.39 is 0 Å². The first-order valence-electron chi connectivity index (χ1n) is 9.37. The molecule has 1 N–H and O–H groups in total. The molecule has 0 saturated heterocycles. The number of ether oxygens (including phenoxy) is 1. The van der Waals surface area contributed by atoms with Crippen LogP contribution in [0.5, 0.6) is 5.75 Å². The average molecular weight is 354 g/mol. The van der Waals surface area contributed by atoms with Gasteiger partial charge in [0.15, 0.2) is 0 Å². The van der Waals surface area contributed by atoms with Crippen molar-refractivity contribution in [2.24, 2.45) is 0 Å². The second kappa shape index (κ2) is 9.97. The van der Waals surface area contributed by atoms with Gasteiger partial charge in [-0.1, -0.05) is 38.1 Å². The Bertz CT molecular complexity index is 692. The largest absolute Gasteiger partial charge is 0.491 e. The molecule has 0 saturated carbocycles. The minimum absolute atomic E-state index is 0.0706. The maximum atomic E-state index is 12.4. The summed E-state index contributed by atoms with van der Waals surface area (Å²) in [5.41, 5.74) is 3.06. The predicted molar refractivity (Wildman–Crippen MR) is 106 cm³/mol. The van der Waals surface area contributed by atoms with Gasteiger partial charge >= 0.3 is 0 Å². The molecule has 0 spiro atoms. The highest BCUT2D eigenvalue weighted by Gasteiger charge is 2.09. The lowest BCUT2D eigenvalue weighted by Gasteiger charge is -2.20. The van der Waals surface area contributed by atoms with Gasteiger partial charge in [0.1, 0.15) is 5.75 Å². The molecule has 0 fully saturated rings. The number of nitrogens with zero attached hydrogens (tertiary/aromatic N) is 1. The van der Waals surface area contributed by atoms with Crippen molar-refractivity contribution in [3.63, 3.8) is 0 Å². The van der Waals surface area contributed by atoms with E-state index in [0.29, 0.717) is 12.1 Å². The predicted octanol–water partition coefficient (Wildman–Crippen LogP) is 4.25. The summed E-state index contributed by atoms with van der Waals surface area (Å²) in [7, 11) is 0. The maximum Gasteiger partial charge on any atom is 0.251 e. The van der Waals surface area contributed by atoms with E-state index in [1.165, 1.54) is 5.56 Å². The van der Waals surface area contributed by atoms with Crippen LogP contribution in [0.3, 0.4) is 0 Å². The van der Waals surface area contributed by atoms with Crippen molar-refractivity contribution in [2.75, 3.05) is 13.1 Å². The second-order valence-electron chi connectivity index (χ2n) is 6.60. The molecule has 140 valence electrons. The van der Waals surface area contributed by atoms with E-state index in [1.54, 1.807) is 12.1 Å². The summed E-state index contributed by atoms with van der Waals surface area (Å²) < 4.78 is 5.62. The Hall–Kier alpha value is -2.33. The highest BCUT2D eigenvalue weighted by molar-refractivity contribution is 5.94. The van der Waals surface area contributed by atoms with Crippen molar-refractivity contribution in [1.82, 2.24) is 10.2 Å². The van der Waals surface area contributed by atoms with Gasteiger partial charge in [-0.05, 0) is 62.3 Å². The lowest BCUT2D eigenvalue weighted by atomic mass is 10.1. The third kappa shape index (κ3) is 5.88. The molecule has 0 unspecified atom stereocenters. The van der Waals surface area contributed by atoms with E-state index in [1.807, 2.05) is 32.0 Å². The van der Waals surface area contributed by atoms with E-state index in [0.717, 1.165) is 30.9 Å². The van der Waals surface area contributed by atoms with Gasteiger partial charge in [0.05, 0.1) is 6.10 Å². The number of nitrogens with one attached hydrogen (secondary N) is 1. The quantitative estimate of drug-likeness (QED) is 0.732. The van der Waals surface area contributed by atoms with Gasteiger partial charge in [0, 0.05) is 18.7 Å². The van der Waals surface area contributed by atoms with E-state index in [4.69, 9.17) is 4.74 Å². The highest BCUT2D eigenvalue weighted by Crippen LogP contribution is 2.15. The molecule has 4 heteroatoms. The van der Waals surface area contributed by atoms with Gasteiger partial charge in [0.25, 0.3) is 5.91 Å². The molecular formula is C22H30N2O2. The molecule has 2 aromatic rings. The van der Waals surface area contributed by atoms with Crippen molar-refractivity contribution in [1.29, 1.82) is 0 Å². The molecule has 0 aliphatic heterocycles. The highest BCUT2D eigenvalue weighted by atomic mass is 16.5. The zero-order chi connectivity index (χ0) is 18.9. The third-order valence-electron chi connectivity index (χ3n) is 4.33. The monoisotopic (exact) mass is 354 g/mol. The fraction of sp³-hybridized carbons (Fsp3) is 0.409. The Morgan fingerprint density at radius 2 is 1.62 bits per heavy atom. The lowest BCUT2D eigenvalue weighted by Crippen LogP contribution is -2.26. The van der Waals surface area contributed by atoms with Crippen molar-refractivity contribution in [3.8, 4) is 5.75 Å². The second-order valence-corrected chi connectivity index (χ2v) is 6.60. The minimum Gasteiger partial charge on any atom is -0.491 e. The van der Waals surface area contributed by atoms with Crippen molar-refractivity contribution < 1.29 is 9.53 Å². The Morgan fingerprint density at radius 1 is 1.00 bits per heavy atom. The van der Waals surface area contributed by atoms with Crippen molar-refractivity contribution in [2.45, 2.75) is 46.9 Å². The summed E-state index contributed by atoms with van der Waals surface area (Å²) >= 11 is 0. The third-order valence-corrected chi connectivity index (χ3v) is 4.33. The Morgan fingerprint density at radius 3 is 2.19 bits per heavy atom. The molecule has 0 aliphatic rings. The number of carbonyl (C=O) groups is 1. The van der Waals surface area contributed by atoms with Gasteiger partial charge in [0.2, 0.25) is 0 Å². The van der Waals surface area contributed by atoms with Crippen LogP contribution in [0, 0.1) is 0 Å². The Labute approximate surface area is 157 Å². The molecule has 2 rings (SSSR count). The Kier molecular flexibility index (Phi) is 7.67. The minimum atomic E-state index is -0.0706. The number of rotatable bonds is 9. The summed E-state index contributed by atoms with van der Waals surface area (Å²) in [6, 6.07) is 15.6.